The molecular formula is C19H24N6O2S. The van der Waals surface area contributed by atoms with Gasteiger partial charge < -0.3 is 11.5 Å². The molecule has 0 atom stereocenters. The molecule has 9 heteroatoms. The first kappa shape index (κ1) is 18.9. The van der Waals surface area contributed by atoms with Crippen molar-refractivity contribution >= 4 is 21.5 Å². The normalized spacial score (nSPS) is 20.5. The number of nitrogens with zero attached hydrogens (tertiary/aromatic N) is 3. The van der Waals surface area contributed by atoms with Crippen LogP contribution in [0, 0.1) is 6.92 Å². The lowest BCUT2D eigenvalue weighted by atomic mass is 9.93. The van der Waals surface area contributed by atoms with Gasteiger partial charge in [-0.2, -0.15) is 0 Å². The zero-order valence-electron chi connectivity index (χ0n) is 15.7. The summed E-state index contributed by atoms with van der Waals surface area (Å²) in [6, 6.07) is 5.23. The summed E-state index contributed by atoms with van der Waals surface area (Å²) in [4.78, 5) is 8.61. The van der Waals surface area contributed by atoms with Gasteiger partial charge in [0.05, 0.1) is 16.8 Å². The van der Waals surface area contributed by atoms with Crippen LogP contribution in [0.4, 0.5) is 5.82 Å². The van der Waals surface area contributed by atoms with E-state index in [2.05, 4.69) is 14.7 Å². The number of nitrogens with one attached hydrogen (secondary N) is 1. The van der Waals surface area contributed by atoms with Crippen molar-refractivity contribution in [1.29, 1.82) is 0 Å². The van der Waals surface area contributed by atoms with Crippen LogP contribution in [0.3, 0.4) is 0 Å². The summed E-state index contributed by atoms with van der Waals surface area (Å²) >= 11 is 0. The summed E-state index contributed by atoms with van der Waals surface area (Å²) in [6.07, 6.45) is 8.24. The molecule has 2 heterocycles. The lowest BCUT2D eigenvalue weighted by Gasteiger charge is -2.26. The Morgan fingerprint density at radius 3 is 2.68 bits per heavy atom. The first-order valence-corrected chi connectivity index (χ1v) is 10.8. The summed E-state index contributed by atoms with van der Waals surface area (Å²) in [7, 11) is -3.63. The average molecular weight is 401 g/mol. The summed E-state index contributed by atoms with van der Waals surface area (Å²) in [5.41, 5.74) is 14.8. The number of imidazole rings is 1. The molecule has 1 aromatic carbocycles. The molecule has 2 aromatic heterocycles. The van der Waals surface area contributed by atoms with Crippen LogP contribution in [0.2, 0.25) is 0 Å². The summed E-state index contributed by atoms with van der Waals surface area (Å²) < 4.78 is 30.5. The Hall–Kier alpha value is -2.49. The SMILES string of the molecule is Cc1ccc(S(=O)(=O)NC2CCC(N)CC2)cc1-c1cnc2c(N)nccn12. The molecule has 0 spiro atoms. The maximum Gasteiger partial charge on any atom is 0.240 e. The zero-order valence-corrected chi connectivity index (χ0v) is 16.5. The minimum atomic E-state index is -3.63. The Morgan fingerprint density at radius 2 is 1.93 bits per heavy atom. The third kappa shape index (κ3) is 3.48. The van der Waals surface area contributed by atoms with Crippen molar-refractivity contribution < 1.29 is 8.42 Å². The molecule has 148 valence electrons. The smallest absolute Gasteiger partial charge is 0.240 e. The van der Waals surface area contributed by atoms with Gasteiger partial charge in [0.25, 0.3) is 0 Å². The van der Waals surface area contributed by atoms with Crippen LogP contribution in [0.25, 0.3) is 16.9 Å². The van der Waals surface area contributed by atoms with Gasteiger partial charge >= 0.3 is 0 Å². The van der Waals surface area contributed by atoms with Gasteiger partial charge in [-0.15, -0.1) is 0 Å². The maximum atomic E-state index is 12.9. The number of fused-ring (bicyclic) bond motifs is 1. The fourth-order valence-corrected chi connectivity index (χ4v) is 5.04. The first-order valence-electron chi connectivity index (χ1n) is 9.31. The first-order chi connectivity index (χ1) is 13.3. The van der Waals surface area contributed by atoms with E-state index in [-0.39, 0.29) is 17.0 Å². The second-order valence-corrected chi connectivity index (χ2v) is 9.07. The molecule has 1 aliphatic rings. The molecule has 1 saturated carbocycles. The van der Waals surface area contributed by atoms with Gasteiger partial charge in [-0.3, -0.25) is 4.40 Å². The number of aryl methyl sites for hydroxylation is 1. The molecular weight excluding hydrogens is 376 g/mol. The summed E-state index contributed by atoms with van der Waals surface area (Å²) in [5.74, 6) is 0.326. The minimum absolute atomic E-state index is 0.0729. The standard InChI is InChI=1S/C19H24N6O2S/c1-12-2-7-15(28(26,27)24-14-5-3-13(20)4-6-14)10-16(12)17-11-23-19-18(21)22-8-9-25(17)19/h2,7-11,13-14,24H,3-6,20H2,1H3,(H2,21,22). The van der Waals surface area contributed by atoms with Crippen molar-refractivity contribution in [3.05, 3.63) is 42.4 Å². The number of nitrogens with two attached hydrogens (primary N) is 2. The van der Waals surface area contributed by atoms with E-state index in [0.29, 0.717) is 11.5 Å². The molecule has 4 rings (SSSR count). The van der Waals surface area contributed by atoms with Gasteiger partial charge in [0.2, 0.25) is 10.0 Å². The molecule has 8 nitrogen and oxygen atoms in total. The lowest BCUT2D eigenvalue weighted by Crippen LogP contribution is -2.40. The van der Waals surface area contributed by atoms with Crippen molar-refractivity contribution in [1.82, 2.24) is 19.1 Å². The Morgan fingerprint density at radius 1 is 1.18 bits per heavy atom. The average Bonchev–Trinajstić information content (AvgIpc) is 3.09. The number of benzene rings is 1. The van der Waals surface area contributed by atoms with Gasteiger partial charge in [-0.1, -0.05) is 6.07 Å². The molecule has 0 unspecified atom stereocenters. The van der Waals surface area contributed by atoms with E-state index in [1.54, 1.807) is 30.7 Å². The van der Waals surface area contributed by atoms with Crippen molar-refractivity contribution in [2.75, 3.05) is 5.73 Å². The van der Waals surface area contributed by atoms with Crippen LogP contribution in [-0.4, -0.2) is 34.9 Å². The molecule has 0 saturated heterocycles. The Balaban J connectivity index is 1.69. The molecule has 3 aromatic rings. The predicted molar refractivity (Wildman–Crippen MR) is 108 cm³/mol. The van der Waals surface area contributed by atoms with E-state index < -0.39 is 10.0 Å². The van der Waals surface area contributed by atoms with Crippen molar-refractivity contribution in [3.8, 4) is 11.3 Å². The van der Waals surface area contributed by atoms with Gasteiger partial charge in [0.1, 0.15) is 0 Å². The van der Waals surface area contributed by atoms with E-state index in [1.165, 1.54) is 0 Å². The van der Waals surface area contributed by atoms with Crippen molar-refractivity contribution in [2.24, 2.45) is 5.73 Å². The molecule has 28 heavy (non-hydrogen) atoms. The minimum Gasteiger partial charge on any atom is -0.381 e. The van der Waals surface area contributed by atoms with Crippen molar-refractivity contribution in [2.45, 2.75) is 49.6 Å². The molecule has 0 radical (unpaired) electrons. The van der Waals surface area contributed by atoms with Gasteiger partial charge in [0.15, 0.2) is 11.5 Å². The number of hydrogen-bond acceptors (Lipinski definition) is 6. The molecule has 5 N–H and O–H groups in total. The highest BCUT2D eigenvalue weighted by atomic mass is 32.2. The van der Waals surface area contributed by atoms with Crippen LogP contribution in [0.5, 0.6) is 0 Å². The van der Waals surface area contributed by atoms with Crippen LogP contribution in [-0.2, 0) is 10.0 Å². The number of anilines is 1. The zero-order chi connectivity index (χ0) is 19.9. The third-order valence-electron chi connectivity index (χ3n) is 5.34. The van der Waals surface area contributed by atoms with Gasteiger partial charge in [0, 0.05) is 30.0 Å². The number of rotatable bonds is 4. The largest absolute Gasteiger partial charge is 0.381 e. The van der Waals surface area contributed by atoms with Gasteiger partial charge in [-0.05, 0) is 50.3 Å². The Bertz CT molecular complexity index is 1120. The van der Waals surface area contributed by atoms with Crippen LogP contribution in [0.15, 0.2) is 41.7 Å². The molecule has 0 amide bonds. The van der Waals surface area contributed by atoms with E-state index in [9.17, 15) is 8.42 Å². The molecule has 1 fully saturated rings. The van der Waals surface area contributed by atoms with E-state index >= 15 is 0 Å². The quantitative estimate of drug-likeness (QED) is 0.613. The Kier molecular flexibility index (Phi) is 4.82. The highest BCUT2D eigenvalue weighted by Crippen LogP contribution is 2.28. The molecule has 0 bridgehead atoms. The van der Waals surface area contributed by atoms with Crippen LogP contribution < -0.4 is 16.2 Å². The van der Waals surface area contributed by atoms with E-state index in [1.807, 2.05) is 17.4 Å². The highest BCUT2D eigenvalue weighted by Gasteiger charge is 2.25. The van der Waals surface area contributed by atoms with Crippen molar-refractivity contribution in [3.63, 3.8) is 0 Å². The van der Waals surface area contributed by atoms with E-state index in [4.69, 9.17) is 11.5 Å². The second kappa shape index (κ2) is 7.16. The maximum absolute atomic E-state index is 12.9. The predicted octanol–water partition coefficient (Wildman–Crippen LogP) is 1.84. The molecule has 0 aliphatic heterocycles. The van der Waals surface area contributed by atoms with E-state index in [0.717, 1.165) is 42.5 Å². The molecule has 1 aliphatic carbocycles. The lowest BCUT2D eigenvalue weighted by molar-refractivity contribution is 0.373. The second-order valence-electron chi connectivity index (χ2n) is 7.36. The summed E-state index contributed by atoms with van der Waals surface area (Å²) in [5, 5.41) is 0. The fourth-order valence-electron chi connectivity index (χ4n) is 3.71. The van der Waals surface area contributed by atoms with Gasteiger partial charge in [-0.25, -0.2) is 23.1 Å². The topological polar surface area (TPSA) is 128 Å². The number of hydrogen-bond donors (Lipinski definition) is 3. The third-order valence-corrected chi connectivity index (χ3v) is 6.86. The fraction of sp³-hybridized carbons (Fsp3) is 0.368. The summed E-state index contributed by atoms with van der Waals surface area (Å²) in [6.45, 7) is 1.94. The number of sulfonamides is 1. The highest BCUT2D eigenvalue weighted by molar-refractivity contribution is 7.89. The number of nitrogen functional groups attached to an aromatic ring is 1. The monoisotopic (exact) mass is 400 g/mol. The Labute approximate surface area is 164 Å². The number of aromatic nitrogens is 3. The van der Waals surface area contributed by atoms with Crippen LogP contribution >= 0.6 is 0 Å². The van der Waals surface area contributed by atoms with Crippen LogP contribution in [0.1, 0.15) is 31.2 Å².